The smallest absolute Gasteiger partial charge is 0.235 e. The maximum Gasteiger partial charge on any atom is 0.235 e. The molecule has 0 atom stereocenters. The highest BCUT2D eigenvalue weighted by molar-refractivity contribution is 7.26. The molecule has 0 saturated carbocycles. The lowest BCUT2D eigenvalue weighted by Gasteiger charge is -2.12. The molecule has 0 N–H and O–H groups in total. The Kier molecular flexibility index (Phi) is 4.45. The van der Waals surface area contributed by atoms with Gasteiger partial charge in [-0.25, -0.2) is 9.97 Å². The van der Waals surface area contributed by atoms with Crippen molar-refractivity contribution in [1.29, 1.82) is 0 Å². The number of rotatable bonds is 2. The number of nitrogens with zero attached hydrogens (tertiary/aromatic N) is 4. The fourth-order valence-corrected chi connectivity index (χ4v) is 7.39. The first-order valence-electron chi connectivity index (χ1n) is 13.3. The van der Waals surface area contributed by atoms with Gasteiger partial charge in [0.15, 0.2) is 0 Å². The summed E-state index contributed by atoms with van der Waals surface area (Å²) in [5.74, 6) is 0.670. The molecule has 9 rings (SSSR count). The van der Waals surface area contributed by atoms with Crippen LogP contribution in [0.3, 0.4) is 0 Å². The topological polar surface area (TPSA) is 43.6 Å². The average molecular weight is 529 g/mol. The van der Waals surface area contributed by atoms with E-state index >= 15 is 0 Å². The maximum atomic E-state index is 5.30. The van der Waals surface area contributed by atoms with Crippen molar-refractivity contribution >= 4 is 75.1 Å². The standard InChI is InChI=1S/C35H20N4S/c1-2-11-21(12-3-1)31-22-13-4-7-17-26(22)37-35(38-31)39-27-18-8-5-14-23(27)29-25-16-10-20-36-32(25)34-30(33(29)39)24-15-6-9-19-28(24)40-34/h1-20H. The van der Waals surface area contributed by atoms with Gasteiger partial charge in [-0.2, -0.15) is 0 Å². The average Bonchev–Trinajstić information content (AvgIpc) is 3.58. The Morgan fingerprint density at radius 2 is 1.30 bits per heavy atom. The molecule has 0 fully saturated rings. The predicted octanol–water partition coefficient (Wildman–Crippen LogP) is 9.31. The van der Waals surface area contributed by atoms with Crippen LogP contribution >= 0.6 is 11.3 Å². The molecule has 4 aromatic heterocycles. The Bertz CT molecular complexity index is 2440. The van der Waals surface area contributed by atoms with Crippen LogP contribution in [0.5, 0.6) is 0 Å². The molecule has 0 bridgehead atoms. The van der Waals surface area contributed by atoms with Crippen LogP contribution in [0.4, 0.5) is 0 Å². The normalized spacial score (nSPS) is 12.0. The van der Waals surface area contributed by atoms with Crippen molar-refractivity contribution in [1.82, 2.24) is 19.5 Å². The molecular formula is C35H20N4S. The number of para-hydroxylation sites is 2. The second kappa shape index (κ2) is 8.18. The minimum atomic E-state index is 0.670. The van der Waals surface area contributed by atoms with Crippen molar-refractivity contribution in [3.63, 3.8) is 0 Å². The zero-order valence-corrected chi connectivity index (χ0v) is 22.1. The predicted molar refractivity (Wildman–Crippen MR) is 168 cm³/mol. The minimum Gasteiger partial charge on any atom is -0.277 e. The van der Waals surface area contributed by atoms with Gasteiger partial charge in [0, 0.05) is 48.8 Å². The van der Waals surface area contributed by atoms with Gasteiger partial charge in [0.05, 0.1) is 32.5 Å². The molecule has 0 aliphatic heterocycles. The van der Waals surface area contributed by atoms with Crippen LogP contribution in [0.15, 0.2) is 121 Å². The summed E-state index contributed by atoms with van der Waals surface area (Å²) < 4.78 is 4.72. The molecule has 0 spiro atoms. The van der Waals surface area contributed by atoms with Crippen LogP contribution in [0.25, 0.3) is 81.0 Å². The largest absolute Gasteiger partial charge is 0.277 e. The van der Waals surface area contributed by atoms with Gasteiger partial charge in [-0.3, -0.25) is 9.55 Å². The monoisotopic (exact) mass is 528 g/mol. The third-order valence-corrected chi connectivity index (χ3v) is 9.02. The molecule has 0 unspecified atom stereocenters. The van der Waals surface area contributed by atoms with Gasteiger partial charge in [-0.15, -0.1) is 11.3 Å². The van der Waals surface area contributed by atoms with E-state index in [-0.39, 0.29) is 0 Å². The quantitative estimate of drug-likeness (QED) is 0.225. The molecule has 9 aromatic rings. The van der Waals surface area contributed by atoms with Gasteiger partial charge >= 0.3 is 0 Å². The number of hydrogen-bond acceptors (Lipinski definition) is 4. The SMILES string of the molecule is c1ccc(-c2nc(-n3c4ccccc4c4c5cccnc5c5sc6ccccc6c5c43)nc3ccccc23)cc1. The lowest BCUT2D eigenvalue weighted by molar-refractivity contribution is 1.02. The summed E-state index contributed by atoms with van der Waals surface area (Å²) in [5, 5.41) is 6.98. The third kappa shape index (κ3) is 2.92. The molecule has 40 heavy (non-hydrogen) atoms. The maximum absolute atomic E-state index is 5.30. The highest BCUT2D eigenvalue weighted by Crippen LogP contribution is 2.47. The Morgan fingerprint density at radius 3 is 2.20 bits per heavy atom. The highest BCUT2D eigenvalue weighted by Gasteiger charge is 2.24. The molecule has 0 amide bonds. The molecule has 0 saturated heterocycles. The molecule has 5 heteroatoms. The summed E-state index contributed by atoms with van der Waals surface area (Å²) >= 11 is 1.81. The van der Waals surface area contributed by atoms with E-state index in [0.717, 1.165) is 44.1 Å². The second-order valence-corrected chi connectivity index (χ2v) is 11.1. The van der Waals surface area contributed by atoms with Gasteiger partial charge in [-0.1, -0.05) is 91.0 Å². The summed E-state index contributed by atoms with van der Waals surface area (Å²) in [5.41, 5.74) is 6.18. The first-order valence-corrected chi connectivity index (χ1v) is 14.1. The minimum absolute atomic E-state index is 0.670. The first kappa shape index (κ1) is 21.8. The fraction of sp³-hybridized carbons (Fsp3) is 0. The van der Waals surface area contributed by atoms with E-state index in [1.54, 1.807) is 11.3 Å². The molecule has 4 heterocycles. The van der Waals surface area contributed by atoms with E-state index in [0.29, 0.717) is 5.95 Å². The second-order valence-electron chi connectivity index (χ2n) is 10.0. The van der Waals surface area contributed by atoms with Gasteiger partial charge in [0.25, 0.3) is 0 Å². The Morgan fingerprint density at radius 1 is 0.575 bits per heavy atom. The molecule has 0 aliphatic rings. The van der Waals surface area contributed by atoms with E-state index in [4.69, 9.17) is 15.0 Å². The van der Waals surface area contributed by atoms with E-state index in [2.05, 4.69) is 102 Å². The molecule has 0 radical (unpaired) electrons. The van der Waals surface area contributed by atoms with Crippen molar-refractivity contribution in [2.75, 3.05) is 0 Å². The van der Waals surface area contributed by atoms with Crippen molar-refractivity contribution in [2.45, 2.75) is 0 Å². The molecule has 4 nitrogen and oxygen atoms in total. The zero-order chi connectivity index (χ0) is 26.2. The Hall–Kier alpha value is -5.13. The Labute approximate surface area is 232 Å². The van der Waals surface area contributed by atoms with E-state index in [1.807, 2.05) is 24.4 Å². The molecule has 186 valence electrons. The van der Waals surface area contributed by atoms with Gasteiger partial charge in [-0.05, 0) is 24.3 Å². The van der Waals surface area contributed by atoms with Gasteiger partial charge in [0.2, 0.25) is 5.95 Å². The van der Waals surface area contributed by atoms with Crippen LogP contribution in [0, 0.1) is 0 Å². The number of hydrogen-bond donors (Lipinski definition) is 0. The highest BCUT2D eigenvalue weighted by atomic mass is 32.1. The molecular weight excluding hydrogens is 508 g/mol. The number of thiophene rings is 1. The van der Waals surface area contributed by atoms with Crippen LogP contribution in [0.2, 0.25) is 0 Å². The van der Waals surface area contributed by atoms with Gasteiger partial charge in [0.1, 0.15) is 0 Å². The summed E-state index contributed by atoms with van der Waals surface area (Å²) in [4.78, 5) is 15.4. The lowest BCUT2D eigenvalue weighted by Crippen LogP contribution is -2.03. The lowest BCUT2D eigenvalue weighted by atomic mass is 10.0. The van der Waals surface area contributed by atoms with Crippen molar-refractivity contribution in [3.05, 3.63) is 121 Å². The molecule has 5 aromatic carbocycles. The summed E-state index contributed by atoms with van der Waals surface area (Å²) in [6.45, 7) is 0. The zero-order valence-electron chi connectivity index (χ0n) is 21.2. The van der Waals surface area contributed by atoms with Crippen molar-refractivity contribution < 1.29 is 0 Å². The number of pyridine rings is 1. The first-order chi connectivity index (χ1) is 19.9. The van der Waals surface area contributed by atoms with E-state index in [9.17, 15) is 0 Å². The van der Waals surface area contributed by atoms with Crippen molar-refractivity contribution in [3.8, 4) is 17.2 Å². The number of benzene rings is 5. The summed E-state index contributed by atoms with van der Waals surface area (Å²) in [6.07, 6.45) is 1.90. The van der Waals surface area contributed by atoms with Crippen LogP contribution in [-0.2, 0) is 0 Å². The summed E-state index contributed by atoms with van der Waals surface area (Å²) in [7, 11) is 0. The van der Waals surface area contributed by atoms with Crippen LogP contribution < -0.4 is 0 Å². The fourth-order valence-electron chi connectivity index (χ4n) is 6.17. The van der Waals surface area contributed by atoms with Gasteiger partial charge < -0.3 is 0 Å². The molecule has 0 aliphatic carbocycles. The van der Waals surface area contributed by atoms with E-state index in [1.165, 1.54) is 30.9 Å². The summed E-state index contributed by atoms with van der Waals surface area (Å²) in [6, 6.07) is 40.2. The van der Waals surface area contributed by atoms with Crippen LogP contribution in [-0.4, -0.2) is 19.5 Å². The number of aromatic nitrogens is 4. The van der Waals surface area contributed by atoms with Crippen molar-refractivity contribution in [2.24, 2.45) is 0 Å². The number of fused-ring (bicyclic) bond motifs is 11. The third-order valence-electron chi connectivity index (χ3n) is 7.84. The van der Waals surface area contributed by atoms with Crippen LogP contribution in [0.1, 0.15) is 0 Å². The Balaban J connectivity index is 1.55. The van der Waals surface area contributed by atoms with E-state index < -0.39 is 0 Å².